The number of imide groups is 2. The molecular formula is C41H46N8O11S. The number of ether oxygens (including phenoxy) is 2. The molecule has 3 saturated heterocycles. The highest BCUT2D eigenvalue weighted by molar-refractivity contribution is 7.90. The molecule has 4 aliphatic heterocycles. The summed E-state index contributed by atoms with van der Waals surface area (Å²) in [6.07, 6.45) is 5.14. The monoisotopic (exact) mass is 858 g/mol. The lowest BCUT2D eigenvalue weighted by atomic mass is 9.98. The third kappa shape index (κ3) is 8.56. The number of nitrogens with zero attached hydrogens (tertiary/aromatic N) is 6. The second-order valence-corrected chi connectivity index (χ2v) is 17.2. The lowest BCUT2D eigenvalue weighted by molar-refractivity contribution is -0.136. The highest BCUT2D eigenvalue weighted by atomic mass is 32.2. The minimum atomic E-state index is -3.57. The molecule has 0 bridgehead atoms. The molecule has 1 atom stereocenters. The molecule has 0 radical (unpaired) electrons. The summed E-state index contributed by atoms with van der Waals surface area (Å²) in [6.45, 7) is 4.28. The molecule has 4 aromatic rings. The van der Waals surface area contributed by atoms with Crippen molar-refractivity contribution in [1.82, 2.24) is 34.3 Å². The van der Waals surface area contributed by atoms with Crippen LogP contribution < -0.4 is 30.0 Å². The maximum absolute atomic E-state index is 13.3. The number of rotatable bonds is 12. The Balaban J connectivity index is 0.00000182. The van der Waals surface area contributed by atoms with Crippen LogP contribution in [0.2, 0.25) is 0 Å². The van der Waals surface area contributed by atoms with Gasteiger partial charge in [0.05, 0.1) is 36.3 Å². The van der Waals surface area contributed by atoms with Crippen LogP contribution in [0.15, 0.2) is 59.8 Å². The van der Waals surface area contributed by atoms with Gasteiger partial charge in [-0.05, 0) is 53.8 Å². The van der Waals surface area contributed by atoms with Crippen LogP contribution in [0.1, 0.15) is 39.1 Å². The molecule has 61 heavy (non-hydrogen) atoms. The number of aromatic nitrogens is 2. The SMILES string of the molecule is COc1cc(-c2cn(C)c(=O)c3cnccc23)cc(OC)c1CN1CC(S(=O)(=O)NCCN2CCN(c3ccc4c(c3)C(=O)N(C3CCC(=O)NC3=O)C4=O)CC2)C1.O=CO. The van der Waals surface area contributed by atoms with Crippen LogP contribution >= 0.6 is 0 Å². The first-order chi connectivity index (χ1) is 29.3. The van der Waals surface area contributed by atoms with Crippen molar-refractivity contribution in [3.8, 4) is 22.6 Å². The second kappa shape index (κ2) is 17.8. The van der Waals surface area contributed by atoms with E-state index in [0.717, 1.165) is 32.7 Å². The quantitative estimate of drug-likeness (QED) is 0.131. The summed E-state index contributed by atoms with van der Waals surface area (Å²) in [5.41, 5.74) is 3.52. The van der Waals surface area contributed by atoms with Crippen molar-refractivity contribution in [3.05, 3.63) is 82.0 Å². The molecule has 0 spiro atoms. The van der Waals surface area contributed by atoms with Crippen LogP contribution in [-0.4, -0.2) is 146 Å². The predicted octanol–water partition coefficient (Wildman–Crippen LogP) is 0.646. The molecule has 322 valence electrons. The zero-order valence-corrected chi connectivity index (χ0v) is 34.6. The van der Waals surface area contributed by atoms with Crippen molar-refractivity contribution in [3.63, 3.8) is 0 Å². The van der Waals surface area contributed by atoms with E-state index in [1.54, 1.807) is 58.1 Å². The molecule has 0 aliphatic carbocycles. The normalized spacial score (nSPS) is 18.6. The van der Waals surface area contributed by atoms with Crippen molar-refractivity contribution >= 4 is 56.6 Å². The summed E-state index contributed by atoms with van der Waals surface area (Å²) >= 11 is 0. The number of carbonyl (C=O) groups excluding carboxylic acids is 4. The van der Waals surface area contributed by atoms with Gasteiger partial charge in [0, 0.05) is 102 Å². The van der Waals surface area contributed by atoms with Crippen molar-refractivity contribution in [2.24, 2.45) is 7.05 Å². The Morgan fingerprint density at radius 1 is 0.902 bits per heavy atom. The van der Waals surface area contributed by atoms with Gasteiger partial charge in [0.1, 0.15) is 22.8 Å². The van der Waals surface area contributed by atoms with Gasteiger partial charge in [0.2, 0.25) is 21.8 Å². The minimum absolute atomic E-state index is 0.0575. The standard InChI is InChI=1S/C40H44N8O9S.CH2O2/c1-44-22-31(27-8-9-41-19-30(27)38(44)51)24-16-34(56-2)32(35(17-24)57-3)23-46-20-26(21-46)58(54,55)42-10-11-45-12-14-47(15-13-45)25-4-5-28-29(18-25)40(53)48(39(28)52)33-6-7-36(49)43-37(33)50;2-1-3/h4-5,8-9,16-19,22,26,33,42H,6-7,10-15,20-21,23H2,1-3H3,(H,43,49,50);1H,(H,2,3). The smallest absolute Gasteiger partial charge is 0.290 e. The van der Waals surface area contributed by atoms with Gasteiger partial charge < -0.3 is 24.0 Å². The fraction of sp³-hybridized carbons (Fsp3) is 0.390. The molecule has 2 aromatic heterocycles. The van der Waals surface area contributed by atoms with Crippen molar-refractivity contribution in [1.29, 1.82) is 0 Å². The Morgan fingerprint density at radius 3 is 2.23 bits per heavy atom. The van der Waals surface area contributed by atoms with Gasteiger partial charge in [-0.2, -0.15) is 0 Å². The maximum atomic E-state index is 13.3. The van der Waals surface area contributed by atoms with E-state index in [1.165, 1.54) is 4.57 Å². The van der Waals surface area contributed by atoms with Gasteiger partial charge in [-0.15, -0.1) is 0 Å². The number of piperazine rings is 1. The topological polar surface area (TPSA) is 230 Å². The molecule has 3 fully saturated rings. The molecule has 20 heteroatoms. The molecule has 2 aromatic carbocycles. The summed E-state index contributed by atoms with van der Waals surface area (Å²) in [5.74, 6) is -0.975. The number of aryl methyl sites for hydroxylation is 1. The summed E-state index contributed by atoms with van der Waals surface area (Å²) in [4.78, 5) is 82.9. The number of amides is 4. The van der Waals surface area contributed by atoms with Gasteiger partial charge in [-0.1, -0.05) is 0 Å². The summed E-state index contributed by atoms with van der Waals surface area (Å²) in [7, 11) is 1.29. The first kappa shape index (κ1) is 42.9. The molecule has 4 aliphatic rings. The number of hydrogen-bond donors (Lipinski definition) is 3. The lowest BCUT2D eigenvalue weighted by Crippen LogP contribution is -2.57. The Bertz CT molecular complexity index is 2540. The van der Waals surface area contributed by atoms with Crippen LogP contribution in [0.3, 0.4) is 0 Å². The number of pyridine rings is 2. The zero-order valence-electron chi connectivity index (χ0n) is 33.8. The predicted molar refractivity (Wildman–Crippen MR) is 222 cm³/mol. The van der Waals surface area contributed by atoms with E-state index in [4.69, 9.17) is 19.4 Å². The van der Waals surface area contributed by atoms with Crippen LogP contribution in [0.25, 0.3) is 21.9 Å². The Kier molecular flexibility index (Phi) is 12.5. The van der Waals surface area contributed by atoms with E-state index in [1.807, 2.05) is 23.1 Å². The number of carbonyl (C=O) groups is 5. The average molecular weight is 859 g/mol. The molecule has 3 N–H and O–H groups in total. The van der Waals surface area contributed by atoms with Crippen LogP contribution in [0.4, 0.5) is 5.69 Å². The van der Waals surface area contributed by atoms with Crippen molar-refractivity contribution in [2.45, 2.75) is 30.7 Å². The van der Waals surface area contributed by atoms with E-state index in [2.05, 4.69) is 24.8 Å². The number of nitrogens with one attached hydrogen (secondary N) is 2. The van der Waals surface area contributed by atoms with Gasteiger partial charge in [0.25, 0.3) is 23.8 Å². The number of sulfonamides is 1. The third-order valence-electron chi connectivity index (χ3n) is 11.5. The number of anilines is 1. The molecule has 0 saturated carbocycles. The second-order valence-electron chi connectivity index (χ2n) is 15.1. The first-order valence-corrected chi connectivity index (χ1v) is 21.1. The summed E-state index contributed by atoms with van der Waals surface area (Å²) in [6, 6.07) is 9.69. The number of likely N-dealkylation sites (tertiary alicyclic amines) is 1. The Morgan fingerprint density at radius 2 is 1.57 bits per heavy atom. The maximum Gasteiger partial charge on any atom is 0.290 e. The summed E-state index contributed by atoms with van der Waals surface area (Å²) in [5, 5.41) is 9.80. The van der Waals surface area contributed by atoms with Crippen LogP contribution in [0, 0.1) is 0 Å². The fourth-order valence-electron chi connectivity index (χ4n) is 8.26. The van der Waals surface area contributed by atoms with Crippen LogP contribution in [-0.2, 0) is 38.0 Å². The number of fused-ring (bicyclic) bond motifs is 2. The highest BCUT2D eigenvalue weighted by Gasteiger charge is 2.45. The number of hydrogen-bond acceptors (Lipinski definition) is 14. The molecular weight excluding hydrogens is 813 g/mol. The number of methoxy groups -OCH3 is 2. The van der Waals surface area contributed by atoms with Gasteiger partial charge in [0.15, 0.2) is 0 Å². The van der Waals surface area contributed by atoms with Crippen molar-refractivity contribution in [2.75, 3.05) is 71.5 Å². The molecule has 4 amide bonds. The third-order valence-corrected chi connectivity index (χ3v) is 13.3. The highest BCUT2D eigenvalue weighted by Crippen LogP contribution is 2.39. The van der Waals surface area contributed by atoms with E-state index >= 15 is 0 Å². The van der Waals surface area contributed by atoms with Crippen molar-refractivity contribution < 1.29 is 47.0 Å². The number of piperidine rings is 1. The molecule has 6 heterocycles. The van der Waals surface area contributed by atoms with Gasteiger partial charge in [-0.25, -0.2) is 13.1 Å². The van der Waals surface area contributed by atoms with Gasteiger partial charge >= 0.3 is 0 Å². The van der Waals surface area contributed by atoms with Gasteiger partial charge in [-0.3, -0.25) is 53.8 Å². The summed E-state index contributed by atoms with van der Waals surface area (Å²) < 4.78 is 42.4. The minimum Gasteiger partial charge on any atom is -0.496 e. The fourth-order valence-corrected chi connectivity index (χ4v) is 9.68. The van der Waals surface area contributed by atoms with E-state index < -0.39 is 44.9 Å². The molecule has 1 unspecified atom stereocenters. The van der Waals surface area contributed by atoms with E-state index in [-0.39, 0.29) is 42.5 Å². The Hall–Kier alpha value is -6.22. The molecule has 19 nitrogen and oxygen atoms in total. The lowest BCUT2D eigenvalue weighted by Gasteiger charge is -2.39. The van der Waals surface area contributed by atoms with Crippen LogP contribution in [0.5, 0.6) is 11.5 Å². The van der Waals surface area contributed by atoms with E-state index in [9.17, 15) is 32.4 Å². The molecule has 8 rings (SSSR count). The van der Waals surface area contributed by atoms with E-state index in [0.29, 0.717) is 69.2 Å². The average Bonchev–Trinajstić information content (AvgIpc) is 3.48. The largest absolute Gasteiger partial charge is 0.496 e. The Labute approximate surface area is 350 Å². The number of carboxylic acid groups (broad SMARTS) is 1. The first-order valence-electron chi connectivity index (χ1n) is 19.6. The zero-order chi connectivity index (χ0) is 43.6. The number of benzene rings is 2.